The highest BCUT2D eigenvalue weighted by Crippen LogP contribution is 2.45. The molecule has 2 saturated carbocycles. The van der Waals surface area contributed by atoms with E-state index in [9.17, 15) is 9.18 Å². The van der Waals surface area contributed by atoms with Gasteiger partial charge in [-0.3, -0.25) is 4.79 Å². The van der Waals surface area contributed by atoms with Gasteiger partial charge in [0.15, 0.2) is 0 Å². The van der Waals surface area contributed by atoms with Crippen molar-refractivity contribution >= 4 is 34.7 Å². The van der Waals surface area contributed by atoms with Crippen molar-refractivity contribution in [3.63, 3.8) is 0 Å². The summed E-state index contributed by atoms with van der Waals surface area (Å²) in [5.74, 6) is 0.834. The van der Waals surface area contributed by atoms with Crippen LogP contribution in [-0.4, -0.2) is 42.9 Å². The number of hydrogen-bond acceptors (Lipinski definition) is 10. The fraction of sp³-hybridized carbons (Fsp3) is 0.258. The van der Waals surface area contributed by atoms with Crippen LogP contribution in [0.5, 0.6) is 0 Å². The molecule has 0 saturated heterocycles. The number of halogens is 1. The molecule has 2 fully saturated rings. The molecule has 2 aromatic carbocycles. The number of anilines is 2. The summed E-state index contributed by atoms with van der Waals surface area (Å²) in [6.07, 6.45) is 8.15. The molecule has 0 bridgehead atoms. The largest absolute Gasteiger partial charge is 0.402 e. The number of benzene rings is 2. The second-order valence-electron chi connectivity index (χ2n) is 10.9. The molecule has 0 radical (unpaired) electrons. The Morgan fingerprint density at radius 1 is 0.930 bits per heavy atom. The molecule has 2 aliphatic carbocycles. The van der Waals surface area contributed by atoms with Crippen molar-refractivity contribution in [2.45, 2.75) is 50.1 Å². The van der Waals surface area contributed by atoms with E-state index in [1.54, 1.807) is 23.5 Å². The number of aliphatic imine (C=N–C) groups is 1. The van der Waals surface area contributed by atoms with E-state index in [1.807, 2.05) is 42.7 Å². The van der Waals surface area contributed by atoms with Crippen molar-refractivity contribution in [1.82, 2.24) is 25.1 Å². The number of amides is 1. The Labute approximate surface area is 249 Å². The fourth-order valence-electron chi connectivity index (χ4n) is 5.23. The average molecular weight is 593 g/mol. The van der Waals surface area contributed by atoms with Crippen LogP contribution in [0.1, 0.15) is 65.9 Å². The highest BCUT2D eigenvalue weighted by Gasteiger charge is 2.31. The molecule has 3 aliphatic rings. The first-order valence-electron chi connectivity index (χ1n) is 14.3. The van der Waals surface area contributed by atoms with Gasteiger partial charge in [-0.25, -0.2) is 24.3 Å². The Morgan fingerprint density at radius 2 is 1.74 bits per heavy atom. The maximum Gasteiger partial charge on any atom is 0.317 e. The van der Waals surface area contributed by atoms with Crippen LogP contribution in [0.3, 0.4) is 0 Å². The SMILES string of the molecule is O=C1Nc2c(F)cccc2C(c2ccccc2)=N[C@@H]1Nc1nnc(-c2nc(C3CCC3)sc2-c2cnc(C3CC3)nc2)o1. The Hall–Kier alpha value is -4.84. The number of rotatable bonds is 7. The van der Waals surface area contributed by atoms with Crippen LogP contribution in [0.15, 0.2) is 70.3 Å². The second-order valence-corrected chi connectivity index (χ2v) is 11.9. The topological polar surface area (TPSA) is 131 Å². The molecule has 8 rings (SSSR count). The van der Waals surface area contributed by atoms with Crippen LogP contribution >= 0.6 is 11.3 Å². The summed E-state index contributed by atoms with van der Waals surface area (Å²) in [7, 11) is 0. The average Bonchev–Trinajstić information content (AvgIpc) is 3.64. The summed E-state index contributed by atoms with van der Waals surface area (Å²) in [5, 5.41) is 15.1. The lowest BCUT2D eigenvalue weighted by Crippen LogP contribution is -2.32. The van der Waals surface area contributed by atoms with Crippen molar-refractivity contribution in [3.8, 4) is 22.0 Å². The molecule has 43 heavy (non-hydrogen) atoms. The lowest BCUT2D eigenvalue weighted by molar-refractivity contribution is -0.116. The molecule has 4 heterocycles. The number of hydrogen-bond donors (Lipinski definition) is 2. The summed E-state index contributed by atoms with van der Waals surface area (Å²) in [6.45, 7) is 0. The number of carbonyl (C=O) groups excluding carboxylic acids is 1. The van der Waals surface area contributed by atoms with Gasteiger partial charge in [0, 0.05) is 40.9 Å². The van der Waals surface area contributed by atoms with Crippen LogP contribution in [0.25, 0.3) is 22.0 Å². The minimum Gasteiger partial charge on any atom is -0.402 e. The van der Waals surface area contributed by atoms with Crippen molar-refractivity contribution < 1.29 is 13.6 Å². The number of nitrogens with zero attached hydrogens (tertiary/aromatic N) is 6. The summed E-state index contributed by atoms with van der Waals surface area (Å²) in [5.41, 5.74) is 3.12. The van der Waals surface area contributed by atoms with E-state index in [1.165, 1.54) is 12.5 Å². The number of nitrogens with one attached hydrogen (secondary N) is 2. The number of carbonyl (C=O) groups is 1. The van der Waals surface area contributed by atoms with Crippen LogP contribution in [0.2, 0.25) is 0 Å². The quantitative estimate of drug-likeness (QED) is 0.230. The predicted molar refractivity (Wildman–Crippen MR) is 160 cm³/mol. The number of aromatic nitrogens is 5. The van der Waals surface area contributed by atoms with E-state index in [0.29, 0.717) is 28.8 Å². The van der Waals surface area contributed by atoms with Crippen LogP contribution in [0.4, 0.5) is 16.1 Å². The van der Waals surface area contributed by atoms with Gasteiger partial charge in [0.2, 0.25) is 6.17 Å². The maximum absolute atomic E-state index is 14.8. The van der Waals surface area contributed by atoms with Crippen LogP contribution in [-0.2, 0) is 4.79 Å². The van der Waals surface area contributed by atoms with E-state index in [2.05, 4.69) is 30.8 Å². The third-order valence-corrected chi connectivity index (χ3v) is 9.20. The van der Waals surface area contributed by atoms with Gasteiger partial charge in [-0.1, -0.05) is 54.0 Å². The van der Waals surface area contributed by atoms with Crippen LogP contribution in [0, 0.1) is 5.82 Å². The second kappa shape index (κ2) is 10.5. The fourth-order valence-corrected chi connectivity index (χ4v) is 6.43. The van der Waals surface area contributed by atoms with Crippen LogP contribution < -0.4 is 10.6 Å². The van der Waals surface area contributed by atoms with Crippen molar-refractivity contribution in [2.24, 2.45) is 4.99 Å². The summed E-state index contributed by atoms with van der Waals surface area (Å²) in [6, 6.07) is 13.9. The van der Waals surface area contributed by atoms with E-state index in [-0.39, 0.29) is 17.6 Å². The predicted octanol–water partition coefficient (Wildman–Crippen LogP) is 6.16. The molecular formula is C31H25FN8O2S. The minimum atomic E-state index is -1.17. The van der Waals surface area contributed by atoms with Gasteiger partial charge < -0.3 is 15.1 Å². The van der Waals surface area contributed by atoms with E-state index < -0.39 is 17.9 Å². The van der Waals surface area contributed by atoms with Crippen molar-refractivity contribution in [1.29, 1.82) is 0 Å². The van der Waals surface area contributed by atoms with Gasteiger partial charge >= 0.3 is 6.01 Å². The number of benzodiazepines with no additional fused rings is 1. The lowest BCUT2D eigenvalue weighted by Gasteiger charge is -2.22. The molecule has 12 heteroatoms. The summed E-state index contributed by atoms with van der Waals surface area (Å²) >= 11 is 1.60. The normalized spacial score (nSPS) is 18.3. The molecule has 1 amide bonds. The molecule has 10 nitrogen and oxygen atoms in total. The zero-order valence-corrected chi connectivity index (χ0v) is 23.6. The smallest absolute Gasteiger partial charge is 0.317 e. The first kappa shape index (κ1) is 25.8. The number of thiazole rings is 1. The lowest BCUT2D eigenvalue weighted by atomic mass is 9.86. The summed E-state index contributed by atoms with van der Waals surface area (Å²) < 4.78 is 20.9. The van der Waals surface area contributed by atoms with Gasteiger partial charge in [-0.05, 0) is 31.7 Å². The first-order valence-corrected chi connectivity index (χ1v) is 15.1. The highest BCUT2D eigenvalue weighted by molar-refractivity contribution is 7.15. The van der Waals surface area contributed by atoms with E-state index >= 15 is 0 Å². The molecule has 1 atom stereocenters. The van der Waals surface area contributed by atoms with E-state index in [4.69, 9.17) is 14.4 Å². The zero-order valence-electron chi connectivity index (χ0n) is 22.8. The third-order valence-electron chi connectivity index (χ3n) is 7.93. The Balaban J connectivity index is 1.13. The molecule has 0 unspecified atom stereocenters. The molecule has 1 aliphatic heterocycles. The first-order chi connectivity index (χ1) is 21.1. The van der Waals surface area contributed by atoms with Gasteiger partial charge in [0.25, 0.3) is 11.8 Å². The molecule has 5 aromatic rings. The minimum absolute atomic E-state index is 0.0118. The molecule has 3 aromatic heterocycles. The molecular weight excluding hydrogens is 567 g/mol. The number of fused-ring (bicyclic) bond motifs is 1. The summed E-state index contributed by atoms with van der Waals surface area (Å²) in [4.78, 5) is 32.9. The molecule has 2 N–H and O–H groups in total. The van der Waals surface area contributed by atoms with Gasteiger partial charge in [0.05, 0.1) is 21.3 Å². The molecule has 214 valence electrons. The Morgan fingerprint density at radius 3 is 2.49 bits per heavy atom. The zero-order chi connectivity index (χ0) is 28.9. The Kier molecular flexibility index (Phi) is 6.28. The Bertz CT molecular complexity index is 1860. The highest BCUT2D eigenvalue weighted by atomic mass is 32.1. The van der Waals surface area contributed by atoms with Crippen molar-refractivity contribution in [3.05, 3.63) is 88.7 Å². The van der Waals surface area contributed by atoms with Crippen molar-refractivity contribution in [2.75, 3.05) is 10.6 Å². The third kappa shape index (κ3) is 4.87. The van der Waals surface area contributed by atoms with Gasteiger partial charge in [-0.15, -0.1) is 16.4 Å². The van der Waals surface area contributed by atoms with Gasteiger partial charge in [0.1, 0.15) is 17.3 Å². The standard InChI is InChI=1S/C31H25FN8O2S/c32-21-11-5-10-20-22(16-6-2-1-3-7-16)35-27(28(41)36-23(20)21)38-31-40-39-29(42-31)24-25(43-30(37-24)18-8-4-9-18)19-14-33-26(34-15-19)17-12-13-17/h1-3,5-7,10-11,14-15,17-18,27H,4,8-9,12-13H2,(H,36,41)(H,38,40)/t27-/m1/s1. The monoisotopic (exact) mass is 592 g/mol. The van der Waals surface area contributed by atoms with E-state index in [0.717, 1.165) is 52.5 Å². The van der Waals surface area contributed by atoms with Gasteiger partial charge in [-0.2, -0.15) is 0 Å². The molecule has 0 spiro atoms. The maximum atomic E-state index is 14.8. The number of para-hydroxylation sites is 1.